The second-order valence-corrected chi connectivity index (χ2v) is 6.68. The molecule has 0 spiro atoms. The number of nitrogens with zero attached hydrogens (tertiary/aromatic N) is 3. The van der Waals surface area contributed by atoms with Crippen LogP contribution in [0.1, 0.15) is 27.6 Å². The molecule has 1 amide bonds. The van der Waals surface area contributed by atoms with E-state index in [-0.39, 0.29) is 5.91 Å². The fourth-order valence-electron chi connectivity index (χ4n) is 2.44. The maximum absolute atomic E-state index is 12.8. The quantitative estimate of drug-likeness (QED) is 0.628. The second-order valence-electron chi connectivity index (χ2n) is 5.67. The predicted octanol–water partition coefficient (Wildman–Crippen LogP) is 3.94. The monoisotopic (exact) mass is 353 g/mol. The van der Waals surface area contributed by atoms with E-state index in [1.165, 1.54) is 11.8 Å². The molecular weight excluding hydrogens is 334 g/mol. The molecule has 25 heavy (non-hydrogen) atoms. The summed E-state index contributed by atoms with van der Waals surface area (Å²) in [5.41, 5.74) is 1.78. The third kappa shape index (κ3) is 4.48. The Morgan fingerprint density at radius 3 is 2.56 bits per heavy atom. The molecule has 0 unspecified atom stereocenters. The van der Waals surface area contributed by atoms with Crippen molar-refractivity contribution < 1.29 is 9.32 Å². The first-order chi connectivity index (χ1) is 12.1. The van der Waals surface area contributed by atoms with Gasteiger partial charge in [0.05, 0.1) is 11.3 Å². The number of thioether (sulfide) groups is 1. The average Bonchev–Trinajstić information content (AvgIpc) is 3.06. The van der Waals surface area contributed by atoms with E-state index in [4.69, 9.17) is 4.52 Å². The van der Waals surface area contributed by atoms with Gasteiger partial charge in [0.1, 0.15) is 0 Å². The van der Waals surface area contributed by atoms with Crippen molar-refractivity contribution in [3.63, 3.8) is 0 Å². The van der Waals surface area contributed by atoms with Crippen LogP contribution in [-0.4, -0.2) is 28.0 Å². The number of aryl methyl sites for hydroxylation is 1. The Balaban J connectivity index is 1.71. The highest BCUT2D eigenvalue weighted by Gasteiger charge is 2.16. The number of amides is 1. The topological polar surface area (TPSA) is 59.2 Å². The van der Waals surface area contributed by atoms with Crippen molar-refractivity contribution in [3.8, 4) is 0 Å². The number of hydrogen-bond donors (Lipinski definition) is 0. The Labute approximate surface area is 151 Å². The van der Waals surface area contributed by atoms with E-state index < -0.39 is 0 Å². The van der Waals surface area contributed by atoms with Crippen LogP contribution in [0.4, 0.5) is 0 Å². The molecular formula is C19H19N3O2S. The van der Waals surface area contributed by atoms with Crippen LogP contribution in [-0.2, 0) is 12.3 Å². The van der Waals surface area contributed by atoms with Crippen LogP contribution in [0.25, 0.3) is 0 Å². The maximum Gasteiger partial charge on any atom is 0.255 e. The fraction of sp³-hybridized carbons (Fsp3) is 0.211. The van der Waals surface area contributed by atoms with Gasteiger partial charge in [-0.05, 0) is 24.6 Å². The summed E-state index contributed by atoms with van der Waals surface area (Å²) in [7, 11) is 1.82. The van der Waals surface area contributed by atoms with Crippen molar-refractivity contribution in [1.82, 2.24) is 15.0 Å². The van der Waals surface area contributed by atoms with Gasteiger partial charge in [-0.1, -0.05) is 47.6 Å². The third-order valence-corrected chi connectivity index (χ3v) is 4.71. The van der Waals surface area contributed by atoms with Gasteiger partial charge in [-0.25, -0.2) is 0 Å². The van der Waals surface area contributed by atoms with E-state index in [1.807, 2.05) is 61.6 Å². The summed E-state index contributed by atoms with van der Waals surface area (Å²) in [5.74, 6) is 1.70. The summed E-state index contributed by atoms with van der Waals surface area (Å²) < 4.78 is 5.14. The smallest absolute Gasteiger partial charge is 0.255 e. The molecule has 0 N–H and O–H groups in total. The largest absolute Gasteiger partial charge is 0.338 e. The van der Waals surface area contributed by atoms with E-state index in [0.717, 1.165) is 10.5 Å². The number of aromatic nitrogens is 2. The maximum atomic E-state index is 12.8. The van der Waals surface area contributed by atoms with Crippen LogP contribution in [0, 0.1) is 6.92 Å². The first-order valence-electron chi connectivity index (χ1n) is 7.94. The van der Waals surface area contributed by atoms with Gasteiger partial charge in [0.2, 0.25) is 5.89 Å². The minimum Gasteiger partial charge on any atom is -0.338 e. The molecule has 6 heteroatoms. The van der Waals surface area contributed by atoms with Gasteiger partial charge in [0.25, 0.3) is 5.91 Å². The molecule has 5 nitrogen and oxygen atoms in total. The zero-order valence-corrected chi connectivity index (χ0v) is 15.0. The van der Waals surface area contributed by atoms with Gasteiger partial charge in [-0.2, -0.15) is 4.98 Å². The summed E-state index contributed by atoms with van der Waals surface area (Å²) in [6.45, 7) is 2.36. The highest BCUT2D eigenvalue weighted by Crippen LogP contribution is 2.27. The average molecular weight is 353 g/mol. The number of rotatable bonds is 6. The van der Waals surface area contributed by atoms with Crippen LogP contribution >= 0.6 is 11.8 Å². The number of carbonyl (C=O) groups is 1. The van der Waals surface area contributed by atoms with Gasteiger partial charge in [0.15, 0.2) is 5.82 Å². The van der Waals surface area contributed by atoms with Gasteiger partial charge in [-0.3, -0.25) is 4.79 Å². The lowest BCUT2D eigenvalue weighted by atomic mass is 10.1. The molecule has 128 valence electrons. The minimum absolute atomic E-state index is 0.00587. The Morgan fingerprint density at radius 2 is 1.84 bits per heavy atom. The molecule has 0 bridgehead atoms. The summed E-state index contributed by atoms with van der Waals surface area (Å²) in [4.78, 5) is 19.7. The first-order valence-corrected chi connectivity index (χ1v) is 8.92. The number of benzene rings is 2. The molecule has 0 atom stereocenters. The summed E-state index contributed by atoms with van der Waals surface area (Å²) in [6, 6.07) is 17.6. The SMILES string of the molecule is Cc1noc(CSc2ccccc2C(=O)N(C)Cc2ccccc2)n1. The van der Waals surface area contributed by atoms with Gasteiger partial charge in [0, 0.05) is 18.5 Å². The number of hydrogen-bond acceptors (Lipinski definition) is 5. The first kappa shape index (κ1) is 17.2. The molecule has 0 saturated heterocycles. The lowest BCUT2D eigenvalue weighted by Crippen LogP contribution is -2.26. The second kappa shape index (κ2) is 7.98. The van der Waals surface area contributed by atoms with Gasteiger partial charge < -0.3 is 9.42 Å². The van der Waals surface area contributed by atoms with E-state index in [0.29, 0.717) is 29.6 Å². The minimum atomic E-state index is -0.00587. The van der Waals surface area contributed by atoms with E-state index in [2.05, 4.69) is 10.1 Å². The zero-order valence-electron chi connectivity index (χ0n) is 14.2. The normalized spacial score (nSPS) is 10.6. The van der Waals surface area contributed by atoms with E-state index >= 15 is 0 Å². The number of carbonyl (C=O) groups excluding carboxylic acids is 1. The van der Waals surface area contributed by atoms with Crippen molar-refractivity contribution in [1.29, 1.82) is 0 Å². The molecule has 0 radical (unpaired) electrons. The molecule has 3 aromatic rings. The van der Waals surface area contributed by atoms with Crippen molar-refractivity contribution in [2.75, 3.05) is 7.05 Å². The van der Waals surface area contributed by atoms with Crippen molar-refractivity contribution in [2.45, 2.75) is 24.1 Å². The van der Waals surface area contributed by atoms with E-state index in [1.54, 1.807) is 11.8 Å². The highest BCUT2D eigenvalue weighted by molar-refractivity contribution is 7.98. The Morgan fingerprint density at radius 1 is 1.12 bits per heavy atom. The van der Waals surface area contributed by atoms with Crippen molar-refractivity contribution in [2.24, 2.45) is 0 Å². The Hall–Kier alpha value is -2.60. The molecule has 0 aliphatic carbocycles. The van der Waals surface area contributed by atoms with E-state index in [9.17, 15) is 4.79 Å². The van der Waals surface area contributed by atoms with Crippen LogP contribution in [0.3, 0.4) is 0 Å². The molecule has 3 rings (SSSR count). The molecule has 1 aromatic heterocycles. The Bertz CT molecular complexity index is 849. The van der Waals surface area contributed by atoms with Crippen LogP contribution < -0.4 is 0 Å². The molecule has 2 aromatic carbocycles. The molecule has 0 aliphatic rings. The molecule has 0 saturated carbocycles. The standard InChI is InChI=1S/C19H19N3O2S/c1-14-20-18(24-21-14)13-25-17-11-7-6-10-16(17)19(23)22(2)12-15-8-4-3-5-9-15/h3-11H,12-13H2,1-2H3. The predicted molar refractivity (Wildman–Crippen MR) is 97.3 cm³/mol. The zero-order chi connectivity index (χ0) is 17.6. The molecule has 0 fully saturated rings. The molecule has 1 heterocycles. The summed E-state index contributed by atoms with van der Waals surface area (Å²) in [5, 5.41) is 3.79. The fourth-order valence-corrected chi connectivity index (χ4v) is 3.32. The van der Waals surface area contributed by atoms with Gasteiger partial charge in [-0.15, -0.1) is 11.8 Å². The summed E-state index contributed by atoms with van der Waals surface area (Å²) >= 11 is 1.52. The lowest BCUT2D eigenvalue weighted by molar-refractivity contribution is 0.0781. The van der Waals surface area contributed by atoms with Crippen molar-refractivity contribution in [3.05, 3.63) is 77.4 Å². The third-order valence-electron chi connectivity index (χ3n) is 3.65. The lowest BCUT2D eigenvalue weighted by Gasteiger charge is -2.19. The van der Waals surface area contributed by atoms with Crippen molar-refractivity contribution >= 4 is 17.7 Å². The Kier molecular flexibility index (Phi) is 5.50. The molecule has 0 aliphatic heterocycles. The van der Waals surface area contributed by atoms with Crippen LogP contribution in [0.2, 0.25) is 0 Å². The summed E-state index contributed by atoms with van der Waals surface area (Å²) in [6.07, 6.45) is 0. The van der Waals surface area contributed by atoms with Crippen LogP contribution in [0.5, 0.6) is 0 Å². The highest BCUT2D eigenvalue weighted by atomic mass is 32.2. The van der Waals surface area contributed by atoms with Gasteiger partial charge >= 0.3 is 0 Å². The van der Waals surface area contributed by atoms with Crippen LogP contribution in [0.15, 0.2) is 64.0 Å².